The van der Waals surface area contributed by atoms with Crippen LogP contribution in [0.25, 0.3) is 0 Å². The van der Waals surface area contributed by atoms with Crippen molar-refractivity contribution < 1.29 is 47.8 Å². The average Bonchev–Trinajstić information content (AvgIpc) is 3.14. The molecule has 11 heteroatoms. The Morgan fingerprint density at radius 2 is 1.04 bits per heavy atom. The minimum absolute atomic E-state index is 0.0634. The van der Waals surface area contributed by atoms with Crippen LogP contribution in [0.4, 0.5) is 0 Å². The molecule has 0 fully saturated rings. The van der Waals surface area contributed by atoms with E-state index in [1.54, 1.807) is 0 Å². The van der Waals surface area contributed by atoms with Crippen LogP contribution < -0.4 is 0 Å². The van der Waals surface area contributed by atoms with Crippen LogP contribution in [0.5, 0.6) is 0 Å². The first-order chi connectivity index (χ1) is 25.7. The molecule has 0 aliphatic rings. The molecule has 0 saturated heterocycles. The van der Waals surface area contributed by atoms with E-state index < -0.39 is 51.8 Å². The number of aliphatic hydroxyl groups excluding tert-OH is 2. The van der Waals surface area contributed by atoms with Crippen LogP contribution in [0.15, 0.2) is 48.6 Å². The normalized spacial score (nSPS) is 14.4. The highest BCUT2D eigenvalue weighted by Gasteiger charge is 2.27. The predicted molar refractivity (Wildman–Crippen MR) is 214 cm³/mol. The van der Waals surface area contributed by atoms with E-state index >= 15 is 0 Å². The number of carbonyl (C=O) groups excluding carboxylic acids is 2. The summed E-state index contributed by atoms with van der Waals surface area (Å²) in [5.74, 6) is -1.02. The number of esters is 2. The zero-order valence-electron chi connectivity index (χ0n) is 33.2. The van der Waals surface area contributed by atoms with Crippen LogP contribution in [0.1, 0.15) is 168 Å². The third-order valence-corrected chi connectivity index (χ3v) is 9.46. The SMILES string of the molecule is CC/C=C\C/C=C\C/C=C\C/C=C\CCC(=O)OC(COC(=O)CCCCCCCCCCCCCCCCCCC)COP(=O)(O)OCC(O)CO. The van der Waals surface area contributed by atoms with Gasteiger partial charge < -0.3 is 24.6 Å². The molecule has 3 atom stereocenters. The molecule has 0 heterocycles. The fraction of sp³-hybridized carbons (Fsp3) is 0.762. The molecule has 53 heavy (non-hydrogen) atoms. The lowest BCUT2D eigenvalue weighted by Crippen LogP contribution is -2.29. The van der Waals surface area contributed by atoms with Gasteiger partial charge in [0.25, 0.3) is 0 Å². The van der Waals surface area contributed by atoms with Crippen molar-refractivity contribution in [1.29, 1.82) is 0 Å². The van der Waals surface area contributed by atoms with E-state index in [9.17, 15) is 24.2 Å². The van der Waals surface area contributed by atoms with Gasteiger partial charge in [-0.1, -0.05) is 165 Å². The molecule has 0 aliphatic heterocycles. The minimum Gasteiger partial charge on any atom is -0.462 e. The number of ether oxygens (including phenoxy) is 2. The van der Waals surface area contributed by atoms with Gasteiger partial charge in [0.1, 0.15) is 12.7 Å². The molecule has 0 spiro atoms. The van der Waals surface area contributed by atoms with Crippen LogP contribution >= 0.6 is 7.82 Å². The predicted octanol–water partition coefficient (Wildman–Crippen LogP) is 10.6. The van der Waals surface area contributed by atoms with Gasteiger partial charge in [-0.25, -0.2) is 4.57 Å². The second kappa shape index (κ2) is 38.2. The van der Waals surface area contributed by atoms with Gasteiger partial charge in [-0.05, 0) is 38.5 Å². The number of allylic oxidation sites excluding steroid dienone is 8. The maximum atomic E-state index is 12.5. The Bertz CT molecular complexity index is 1030. The fourth-order valence-corrected chi connectivity index (χ4v) is 6.15. The molecule has 0 saturated carbocycles. The molecule has 0 aromatic heterocycles. The highest BCUT2D eigenvalue weighted by Crippen LogP contribution is 2.43. The van der Waals surface area contributed by atoms with Crippen molar-refractivity contribution in [1.82, 2.24) is 0 Å². The number of carbonyl (C=O) groups is 2. The second-order valence-corrected chi connectivity index (χ2v) is 15.1. The number of hydrogen-bond acceptors (Lipinski definition) is 9. The first-order valence-electron chi connectivity index (χ1n) is 20.6. The highest BCUT2D eigenvalue weighted by molar-refractivity contribution is 7.47. The number of phosphoric acid groups is 1. The van der Waals surface area contributed by atoms with Gasteiger partial charge in [0.15, 0.2) is 6.10 Å². The summed E-state index contributed by atoms with van der Waals surface area (Å²) in [5, 5.41) is 18.3. The Kier molecular flexibility index (Phi) is 36.7. The number of rotatable bonds is 38. The van der Waals surface area contributed by atoms with Crippen LogP contribution in [0.2, 0.25) is 0 Å². The average molecular weight is 771 g/mol. The Hall–Kier alpha value is -2.07. The van der Waals surface area contributed by atoms with Crippen molar-refractivity contribution in [2.24, 2.45) is 0 Å². The monoisotopic (exact) mass is 771 g/mol. The molecule has 3 N–H and O–H groups in total. The maximum Gasteiger partial charge on any atom is 0.472 e. The number of aliphatic hydroxyl groups is 2. The van der Waals surface area contributed by atoms with E-state index in [4.69, 9.17) is 19.1 Å². The van der Waals surface area contributed by atoms with Crippen molar-refractivity contribution in [3.63, 3.8) is 0 Å². The van der Waals surface area contributed by atoms with Gasteiger partial charge in [-0.3, -0.25) is 18.6 Å². The van der Waals surface area contributed by atoms with Crippen molar-refractivity contribution in [2.75, 3.05) is 26.4 Å². The summed E-state index contributed by atoms with van der Waals surface area (Å²) < 4.78 is 32.5. The minimum atomic E-state index is -4.63. The van der Waals surface area contributed by atoms with E-state index in [1.165, 1.54) is 83.5 Å². The second-order valence-electron chi connectivity index (χ2n) is 13.6. The summed E-state index contributed by atoms with van der Waals surface area (Å²) in [6.45, 7) is 2.18. The van der Waals surface area contributed by atoms with Crippen LogP contribution in [-0.4, -0.2) is 65.7 Å². The third-order valence-electron chi connectivity index (χ3n) is 8.51. The topological polar surface area (TPSA) is 149 Å². The number of phosphoric ester groups is 1. The van der Waals surface area contributed by atoms with Gasteiger partial charge in [0, 0.05) is 12.8 Å². The molecule has 308 valence electrons. The first-order valence-corrected chi connectivity index (χ1v) is 22.1. The molecule has 10 nitrogen and oxygen atoms in total. The van der Waals surface area contributed by atoms with Gasteiger partial charge in [0.2, 0.25) is 0 Å². The van der Waals surface area contributed by atoms with Crippen molar-refractivity contribution in [2.45, 2.75) is 180 Å². The molecule has 0 bridgehead atoms. The molecular weight excluding hydrogens is 695 g/mol. The quantitative estimate of drug-likeness (QED) is 0.0240. The Balaban J connectivity index is 4.37. The third kappa shape index (κ3) is 38.0. The van der Waals surface area contributed by atoms with Gasteiger partial charge in [0.05, 0.1) is 19.8 Å². The summed E-state index contributed by atoms with van der Waals surface area (Å²) in [6, 6.07) is 0. The molecule has 0 aromatic carbocycles. The fourth-order valence-electron chi connectivity index (χ4n) is 5.36. The summed E-state index contributed by atoms with van der Waals surface area (Å²) >= 11 is 0. The van der Waals surface area contributed by atoms with Gasteiger partial charge in [-0.15, -0.1) is 0 Å². The summed E-state index contributed by atoms with van der Waals surface area (Å²) in [7, 11) is -4.63. The molecule has 3 unspecified atom stereocenters. The number of hydrogen-bond donors (Lipinski definition) is 3. The Morgan fingerprint density at radius 1 is 0.585 bits per heavy atom. The Labute approximate surface area is 322 Å². The summed E-state index contributed by atoms with van der Waals surface area (Å²) in [5.41, 5.74) is 0. The zero-order chi connectivity index (χ0) is 39.1. The van der Waals surface area contributed by atoms with E-state index in [0.717, 1.165) is 44.9 Å². The molecule has 0 rings (SSSR count). The molecule has 0 radical (unpaired) electrons. The highest BCUT2D eigenvalue weighted by atomic mass is 31.2. The maximum absolute atomic E-state index is 12.5. The number of unbranched alkanes of at least 4 members (excludes halogenated alkanes) is 16. The standard InChI is InChI=1S/C42H75O10P/c1-3-5-7-9-11-13-15-17-18-19-20-22-23-25-27-29-31-33-41(45)49-37-40(38-51-53(47,48)50-36-39(44)35-43)52-42(46)34-32-30-28-26-24-21-16-14-12-10-8-6-4-2/h6,8,12,14,21,24,28,30,39-40,43-44H,3-5,7,9-11,13,15-20,22-23,25-27,29,31-38H2,1-2H3,(H,47,48)/b8-6-,14-12-,24-21-,30-28-. The van der Waals surface area contributed by atoms with E-state index in [2.05, 4.69) is 54.8 Å². The van der Waals surface area contributed by atoms with Crippen molar-refractivity contribution in [3.8, 4) is 0 Å². The molecular formula is C42H75O10P. The largest absolute Gasteiger partial charge is 0.472 e. The van der Waals surface area contributed by atoms with Crippen molar-refractivity contribution in [3.05, 3.63) is 48.6 Å². The molecule has 0 aromatic rings. The Morgan fingerprint density at radius 3 is 1.53 bits per heavy atom. The lowest BCUT2D eigenvalue weighted by molar-refractivity contribution is -0.161. The zero-order valence-corrected chi connectivity index (χ0v) is 34.1. The van der Waals surface area contributed by atoms with E-state index in [1.807, 2.05) is 12.2 Å². The van der Waals surface area contributed by atoms with E-state index in [-0.39, 0.29) is 19.4 Å². The van der Waals surface area contributed by atoms with Crippen LogP contribution in [0, 0.1) is 0 Å². The van der Waals surface area contributed by atoms with Crippen molar-refractivity contribution >= 4 is 19.8 Å². The molecule has 0 amide bonds. The lowest BCUT2D eigenvalue weighted by Gasteiger charge is -2.20. The molecule has 0 aliphatic carbocycles. The first kappa shape index (κ1) is 50.9. The summed E-state index contributed by atoms with van der Waals surface area (Å²) in [4.78, 5) is 34.9. The van der Waals surface area contributed by atoms with Gasteiger partial charge >= 0.3 is 19.8 Å². The summed E-state index contributed by atoms with van der Waals surface area (Å²) in [6.07, 6.45) is 39.6. The smallest absolute Gasteiger partial charge is 0.462 e. The van der Waals surface area contributed by atoms with Gasteiger partial charge in [-0.2, -0.15) is 0 Å². The van der Waals surface area contributed by atoms with E-state index in [0.29, 0.717) is 12.8 Å². The lowest BCUT2D eigenvalue weighted by atomic mass is 10.0. The van der Waals surface area contributed by atoms with Crippen LogP contribution in [-0.2, 0) is 32.7 Å². The van der Waals surface area contributed by atoms with Crippen LogP contribution in [0.3, 0.4) is 0 Å².